The Morgan fingerprint density at radius 2 is 2.28 bits per heavy atom. The number of amides is 1. The highest BCUT2D eigenvalue weighted by molar-refractivity contribution is 5.94. The van der Waals surface area contributed by atoms with E-state index in [1.54, 1.807) is 17.0 Å². The van der Waals surface area contributed by atoms with Crippen LogP contribution in [-0.4, -0.2) is 40.4 Å². The van der Waals surface area contributed by atoms with Gasteiger partial charge in [0.2, 0.25) is 0 Å². The highest BCUT2D eigenvalue weighted by atomic mass is 19.1. The van der Waals surface area contributed by atoms with Gasteiger partial charge in [-0.05, 0) is 31.0 Å². The van der Waals surface area contributed by atoms with Crippen molar-refractivity contribution in [2.24, 2.45) is 0 Å². The van der Waals surface area contributed by atoms with Gasteiger partial charge in [-0.3, -0.25) is 4.79 Å². The molecular formula is C19H21FN4O. The second-order valence-electron chi connectivity index (χ2n) is 6.73. The average molecular weight is 340 g/mol. The molecule has 3 heterocycles. The maximum absolute atomic E-state index is 13.4. The summed E-state index contributed by atoms with van der Waals surface area (Å²) in [5.41, 5.74) is 2.69. The van der Waals surface area contributed by atoms with Crippen LogP contribution in [0.25, 0.3) is 0 Å². The third-order valence-corrected chi connectivity index (χ3v) is 4.97. The number of carbonyl (C=O) groups is 1. The fraction of sp³-hybridized carbons (Fsp3) is 0.421. The number of carbonyl (C=O) groups excluding carboxylic acids is 1. The molecule has 1 fully saturated rings. The molecule has 4 rings (SSSR count). The van der Waals surface area contributed by atoms with Gasteiger partial charge in [0, 0.05) is 61.5 Å². The van der Waals surface area contributed by atoms with Crippen molar-refractivity contribution >= 4 is 5.91 Å². The van der Waals surface area contributed by atoms with E-state index in [2.05, 4.69) is 10.3 Å². The molecule has 1 saturated heterocycles. The Labute approximate surface area is 146 Å². The Kier molecular flexibility index (Phi) is 4.44. The number of piperidine rings is 1. The third kappa shape index (κ3) is 3.39. The van der Waals surface area contributed by atoms with Crippen LogP contribution in [0, 0.1) is 5.82 Å². The normalized spacial score (nSPS) is 20.2. The monoisotopic (exact) mass is 340 g/mol. The molecule has 1 amide bonds. The number of hydrogen-bond acceptors (Lipinski definition) is 4. The maximum atomic E-state index is 13.4. The van der Waals surface area contributed by atoms with E-state index in [0.717, 1.165) is 43.9 Å². The van der Waals surface area contributed by atoms with Crippen molar-refractivity contribution in [3.63, 3.8) is 0 Å². The van der Waals surface area contributed by atoms with Gasteiger partial charge in [0.15, 0.2) is 0 Å². The van der Waals surface area contributed by atoms with Gasteiger partial charge in [0.1, 0.15) is 11.6 Å². The van der Waals surface area contributed by atoms with Gasteiger partial charge in [-0.25, -0.2) is 14.4 Å². The van der Waals surface area contributed by atoms with Crippen molar-refractivity contribution in [1.82, 2.24) is 20.2 Å². The van der Waals surface area contributed by atoms with E-state index >= 15 is 0 Å². The van der Waals surface area contributed by atoms with Crippen LogP contribution in [0.5, 0.6) is 0 Å². The summed E-state index contributed by atoms with van der Waals surface area (Å²) in [7, 11) is 0. The molecule has 25 heavy (non-hydrogen) atoms. The standard InChI is InChI=1S/C19H21FN4O/c20-16-5-1-3-13(9-16)19(25)24-8-2-4-14(12-24)18-22-11-15-10-21-7-6-17(15)23-18/h1,3,5,9,11,14,21H,2,4,6-8,10,12H2. The maximum Gasteiger partial charge on any atom is 0.253 e. The SMILES string of the molecule is O=C(c1cccc(F)c1)N1CCCC(c2ncc3c(n2)CCNC3)C1. The first kappa shape index (κ1) is 16.1. The number of nitrogens with one attached hydrogen (secondary N) is 1. The van der Waals surface area contributed by atoms with Crippen LogP contribution in [0.1, 0.15) is 46.2 Å². The summed E-state index contributed by atoms with van der Waals surface area (Å²) in [5, 5.41) is 3.32. The molecule has 130 valence electrons. The van der Waals surface area contributed by atoms with Gasteiger partial charge in [-0.2, -0.15) is 0 Å². The molecule has 1 N–H and O–H groups in total. The Bertz CT molecular complexity index is 795. The molecule has 2 aromatic rings. The van der Waals surface area contributed by atoms with Crippen LogP contribution in [0.3, 0.4) is 0 Å². The van der Waals surface area contributed by atoms with E-state index in [1.165, 1.54) is 17.7 Å². The number of fused-ring (bicyclic) bond motifs is 1. The molecule has 2 aliphatic rings. The van der Waals surface area contributed by atoms with Crippen LogP contribution in [-0.2, 0) is 13.0 Å². The first-order chi connectivity index (χ1) is 12.2. The van der Waals surface area contributed by atoms with Crippen molar-refractivity contribution in [2.75, 3.05) is 19.6 Å². The van der Waals surface area contributed by atoms with Crippen LogP contribution in [0.2, 0.25) is 0 Å². The number of likely N-dealkylation sites (tertiary alicyclic amines) is 1. The van der Waals surface area contributed by atoms with Crippen molar-refractivity contribution in [3.8, 4) is 0 Å². The first-order valence-corrected chi connectivity index (χ1v) is 8.81. The van der Waals surface area contributed by atoms with Crippen LogP contribution in [0.15, 0.2) is 30.5 Å². The van der Waals surface area contributed by atoms with Crippen LogP contribution >= 0.6 is 0 Å². The molecule has 1 atom stereocenters. The third-order valence-electron chi connectivity index (χ3n) is 4.97. The predicted octanol–water partition coefficient (Wildman–Crippen LogP) is 2.28. The van der Waals surface area contributed by atoms with Gasteiger partial charge in [0.05, 0.1) is 0 Å². The zero-order valence-corrected chi connectivity index (χ0v) is 14.0. The van der Waals surface area contributed by atoms with E-state index in [4.69, 9.17) is 4.98 Å². The molecule has 1 unspecified atom stereocenters. The number of benzene rings is 1. The fourth-order valence-corrected chi connectivity index (χ4v) is 3.62. The summed E-state index contributed by atoms with van der Waals surface area (Å²) in [6.45, 7) is 3.05. The van der Waals surface area contributed by atoms with Gasteiger partial charge in [-0.1, -0.05) is 6.07 Å². The molecule has 1 aromatic carbocycles. The highest BCUT2D eigenvalue weighted by Crippen LogP contribution is 2.26. The summed E-state index contributed by atoms with van der Waals surface area (Å²) in [6, 6.07) is 5.89. The zero-order valence-electron chi connectivity index (χ0n) is 14.0. The Balaban J connectivity index is 1.52. The summed E-state index contributed by atoms with van der Waals surface area (Å²) in [4.78, 5) is 23.8. The zero-order chi connectivity index (χ0) is 17.2. The number of rotatable bonds is 2. The van der Waals surface area contributed by atoms with E-state index in [0.29, 0.717) is 18.7 Å². The minimum Gasteiger partial charge on any atom is -0.338 e. The first-order valence-electron chi connectivity index (χ1n) is 8.81. The minimum absolute atomic E-state index is 0.119. The Morgan fingerprint density at radius 3 is 3.16 bits per heavy atom. The molecule has 0 radical (unpaired) electrons. The number of halogens is 1. The lowest BCUT2D eigenvalue weighted by atomic mass is 9.96. The van der Waals surface area contributed by atoms with Crippen molar-refractivity contribution in [2.45, 2.75) is 31.7 Å². The van der Waals surface area contributed by atoms with E-state index in [9.17, 15) is 9.18 Å². The second-order valence-corrected chi connectivity index (χ2v) is 6.73. The Hall–Kier alpha value is -2.34. The van der Waals surface area contributed by atoms with E-state index in [-0.39, 0.29) is 17.6 Å². The molecule has 0 saturated carbocycles. The highest BCUT2D eigenvalue weighted by Gasteiger charge is 2.28. The van der Waals surface area contributed by atoms with Gasteiger partial charge in [0.25, 0.3) is 5.91 Å². The smallest absolute Gasteiger partial charge is 0.253 e. The molecule has 1 aromatic heterocycles. The Morgan fingerprint density at radius 1 is 1.36 bits per heavy atom. The van der Waals surface area contributed by atoms with Crippen molar-refractivity contribution in [1.29, 1.82) is 0 Å². The lowest BCUT2D eigenvalue weighted by Crippen LogP contribution is -2.39. The lowest BCUT2D eigenvalue weighted by Gasteiger charge is -2.32. The van der Waals surface area contributed by atoms with Gasteiger partial charge in [-0.15, -0.1) is 0 Å². The molecule has 6 heteroatoms. The summed E-state index contributed by atoms with van der Waals surface area (Å²) < 4.78 is 13.4. The number of hydrogen-bond donors (Lipinski definition) is 1. The van der Waals surface area contributed by atoms with Crippen LogP contribution in [0.4, 0.5) is 4.39 Å². The molecule has 0 aliphatic carbocycles. The second kappa shape index (κ2) is 6.88. The van der Waals surface area contributed by atoms with E-state index < -0.39 is 0 Å². The van der Waals surface area contributed by atoms with E-state index in [1.807, 2.05) is 6.20 Å². The molecule has 5 nitrogen and oxygen atoms in total. The fourth-order valence-electron chi connectivity index (χ4n) is 3.62. The number of nitrogens with zero attached hydrogens (tertiary/aromatic N) is 3. The largest absolute Gasteiger partial charge is 0.338 e. The van der Waals surface area contributed by atoms with Gasteiger partial charge < -0.3 is 10.2 Å². The summed E-state index contributed by atoms with van der Waals surface area (Å²) in [6.07, 6.45) is 4.72. The molecule has 0 bridgehead atoms. The van der Waals surface area contributed by atoms with Crippen LogP contribution < -0.4 is 5.32 Å². The summed E-state index contributed by atoms with van der Waals surface area (Å²) in [5.74, 6) is 0.473. The van der Waals surface area contributed by atoms with Gasteiger partial charge >= 0.3 is 0 Å². The molecule has 0 spiro atoms. The minimum atomic E-state index is -0.383. The molecule has 2 aliphatic heterocycles. The van der Waals surface area contributed by atoms with Crippen molar-refractivity contribution in [3.05, 3.63) is 58.9 Å². The quantitative estimate of drug-likeness (QED) is 0.911. The van der Waals surface area contributed by atoms with Crippen molar-refractivity contribution < 1.29 is 9.18 Å². The summed E-state index contributed by atoms with van der Waals surface area (Å²) >= 11 is 0. The molecular weight excluding hydrogens is 319 g/mol. The average Bonchev–Trinajstić information content (AvgIpc) is 2.67. The predicted molar refractivity (Wildman–Crippen MR) is 91.7 cm³/mol. The lowest BCUT2D eigenvalue weighted by molar-refractivity contribution is 0.0704. The topological polar surface area (TPSA) is 58.1 Å². The number of aromatic nitrogens is 2.